The van der Waals surface area contributed by atoms with Gasteiger partial charge in [-0.3, -0.25) is 9.88 Å². The Balaban J connectivity index is 1.57. The van der Waals surface area contributed by atoms with Gasteiger partial charge in [-0.15, -0.1) is 0 Å². The van der Waals surface area contributed by atoms with Gasteiger partial charge in [-0.2, -0.15) is 5.26 Å². The molecule has 0 aliphatic carbocycles. The van der Waals surface area contributed by atoms with Crippen molar-refractivity contribution in [1.29, 1.82) is 5.26 Å². The Bertz CT molecular complexity index is 799. The maximum Gasteiger partial charge on any atom is 0.103 e. The maximum atomic E-state index is 9.37. The van der Waals surface area contributed by atoms with Crippen molar-refractivity contribution >= 4 is 5.69 Å². The first-order chi connectivity index (χ1) is 13.1. The number of aromatic nitrogens is 1. The summed E-state index contributed by atoms with van der Waals surface area (Å²) < 4.78 is 0. The number of anilines is 1. The molecule has 0 unspecified atom stereocenters. The van der Waals surface area contributed by atoms with Crippen molar-refractivity contribution in [2.45, 2.75) is 33.9 Å². The van der Waals surface area contributed by atoms with Gasteiger partial charge in [0, 0.05) is 45.0 Å². The first-order valence-electron chi connectivity index (χ1n) is 9.73. The quantitative estimate of drug-likeness (QED) is 0.853. The summed E-state index contributed by atoms with van der Waals surface area (Å²) in [5, 5.41) is 12.8. The molecule has 0 spiro atoms. The number of nitriles is 1. The Morgan fingerprint density at radius 1 is 1.04 bits per heavy atom. The van der Waals surface area contributed by atoms with Gasteiger partial charge in [0.1, 0.15) is 6.07 Å². The zero-order valence-corrected chi connectivity index (χ0v) is 16.6. The third-order valence-corrected chi connectivity index (χ3v) is 5.26. The molecule has 2 aromatic rings. The Labute approximate surface area is 162 Å². The molecule has 1 fully saturated rings. The van der Waals surface area contributed by atoms with Gasteiger partial charge in [0.05, 0.1) is 16.9 Å². The van der Waals surface area contributed by atoms with Crippen LogP contribution < -0.4 is 5.32 Å². The molecule has 1 saturated heterocycles. The number of hydrogen-bond donors (Lipinski definition) is 1. The van der Waals surface area contributed by atoms with Crippen LogP contribution in [-0.4, -0.2) is 47.5 Å². The largest absolute Gasteiger partial charge is 0.380 e. The van der Waals surface area contributed by atoms with Crippen LogP contribution >= 0.6 is 0 Å². The molecule has 27 heavy (non-hydrogen) atoms. The molecular weight excluding hydrogens is 334 g/mol. The van der Waals surface area contributed by atoms with Crippen molar-refractivity contribution in [1.82, 2.24) is 14.8 Å². The molecule has 1 N–H and O–H groups in total. The standard InChI is InChI=1S/C22H29N5/c1-4-26-9-11-27(12-10-26)16-20-7-5-19(6-8-20)15-24-22-13-17(2)25-18(3)21(22)14-23/h5-8,13H,4,9-12,15-16H2,1-3H3,(H,24,25). The number of benzene rings is 1. The Morgan fingerprint density at radius 2 is 1.67 bits per heavy atom. The highest BCUT2D eigenvalue weighted by Crippen LogP contribution is 2.20. The fourth-order valence-electron chi connectivity index (χ4n) is 3.59. The molecule has 0 saturated carbocycles. The van der Waals surface area contributed by atoms with Crippen LogP contribution in [0.5, 0.6) is 0 Å². The van der Waals surface area contributed by atoms with Crippen LogP contribution in [0, 0.1) is 25.2 Å². The second kappa shape index (κ2) is 8.98. The molecule has 1 aliphatic rings. The van der Waals surface area contributed by atoms with Crippen LogP contribution in [0.1, 0.15) is 35.0 Å². The van der Waals surface area contributed by atoms with Crippen LogP contribution in [0.4, 0.5) is 5.69 Å². The molecule has 0 radical (unpaired) electrons. The number of nitrogens with one attached hydrogen (secondary N) is 1. The van der Waals surface area contributed by atoms with Crippen molar-refractivity contribution < 1.29 is 0 Å². The zero-order chi connectivity index (χ0) is 19.2. The third kappa shape index (κ3) is 5.06. The molecule has 1 aliphatic heterocycles. The highest BCUT2D eigenvalue weighted by atomic mass is 15.3. The summed E-state index contributed by atoms with van der Waals surface area (Å²) in [6, 6.07) is 13.0. The van der Waals surface area contributed by atoms with Crippen molar-refractivity contribution in [2.75, 3.05) is 38.0 Å². The van der Waals surface area contributed by atoms with Gasteiger partial charge in [-0.05, 0) is 37.6 Å². The van der Waals surface area contributed by atoms with Gasteiger partial charge in [0.2, 0.25) is 0 Å². The van der Waals surface area contributed by atoms with E-state index in [0.29, 0.717) is 12.1 Å². The summed E-state index contributed by atoms with van der Waals surface area (Å²) in [5.41, 5.74) is 5.76. The topological polar surface area (TPSA) is 55.2 Å². The number of nitrogens with zero attached hydrogens (tertiary/aromatic N) is 4. The number of hydrogen-bond acceptors (Lipinski definition) is 5. The molecule has 142 valence electrons. The van der Waals surface area contributed by atoms with E-state index in [1.165, 1.54) is 24.2 Å². The first-order valence-corrected chi connectivity index (χ1v) is 9.73. The molecule has 3 rings (SSSR count). The van der Waals surface area contributed by atoms with Gasteiger partial charge in [-0.1, -0.05) is 31.2 Å². The lowest BCUT2D eigenvalue weighted by Crippen LogP contribution is -2.45. The second-order valence-electron chi connectivity index (χ2n) is 7.26. The SMILES string of the molecule is CCN1CCN(Cc2ccc(CNc3cc(C)nc(C)c3C#N)cc2)CC1. The van der Waals surface area contributed by atoms with Gasteiger partial charge in [0.25, 0.3) is 0 Å². The van der Waals surface area contributed by atoms with Crippen molar-refractivity contribution in [3.8, 4) is 6.07 Å². The molecule has 2 heterocycles. The summed E-state index contributed by atoms with van der Waals surface area (Å²) in [5.74, 6) is 0. The highest BCUT2D eigenvalue weighted by molar-refractivity contribution is 5.60. The average Bonchev–Trinajstić information content (AvgIpc) is 2.68. The van der Waals surface area contributed by atoms with Crippen LogP contribution in [0.15, 0.2) is 30.3 Å². The molecule has 1 aromatic carbocycles. The summed E-state index contributed by atoms with van der Waals surface area (Å²) in [6.07, 6.45) is 0. The van der Waals surface area contributed by atoms with E-state index in [4.69, 9.17) is 0 Å². The minimum absolute atomic E-state index is 0.628. The Hall–Kier alpha value is -2.42. The lowest BCUT2D eigenvalue weighted by atomic mass is 10.1. The zero-order valence-electron chi connectivity index (χ0n) is 16.6. The molecule has 1 aromatic heterocycles. The maximum absolute atomic E-state index is 9.37. The molecule has 5 heteroatoms. The summed E-state index contributed by atoms with van der Waals surface area (Å²) in [7, 11) is 0. The Morgan fingerprint density at radius 3 is 2.30 bits per heavy atom. The van der Waals surface area contributed by atoms with Crippen molar-refractivity contribution in [2.24, 2.45) is 0 Å². The van der Waals surface area contributed by atoms with Crippen LogP contribution in [-0.2, 0) is 13.1 Å². The number of likely N-dealkylation sites (N-methyl/N-ethyl adjacent to an activating group) is 1. The van der Waals surface area contributed by atoms with Gasteiger partial charge >= 0.3 is 0 Å². The second-order valence-corrected chi connectivity index (χ2v) is 7.26. The molecule has 0 amide bonds. The monoisotopic (exact) mass is 363 g/mol. The lowest BCUT2D eigenvalue weighted by molar-refractivity contribution is 0.132. The minimum atomic E-state index is 0.628. The number of rotatable bonds is 6. The van der Waals surface area contributed by atoms with E-state index < -0.39 is 0 Å². The highest BCUT2D eigenvalue weighted by Gasteiger charge is 2.15. The molecule has 0 atom stereocenters. The summed E-state index contributed by atoms with van der Waals surface area (Å²) in [4.78, 5) is 9.40. The lowest BCUT2D eigenvalue weighted by Gasteiger charge is -2.34. The van der Waals surface area contributed by atoms with E-state index in [1.807, 2.05) is 19.9 Å². The van der Waals surface area contributed by atoms with E-state index >= 15 is 0 Å². The van der Waals surface area contributed by atoms with Gasteiger partial charge in [0.15, 0.2) is 0 Å². The van der Waals surface area contributed by atoms with E-state index in [1.54, 1.807) is 0 Å². The smallest absolute Gasteiger partial charge is 0.103 e. The Kier molecular flexibility index (Phi) is 6.44. The fourth-order valence-corrected chi connectivity index (χ4v) is 3.59. The van der Waals surface area contributed by atoms with Gasteiger partial charge < -0.3 is 10.2 Å². The predicted molar refractivity (Wildman–Crippen MR) is 110 cm³/mol. The van der Waals surface area contributed by atoms with Crippen molar-refractivity contribution in [3.63, 3.8) is 0 Å². The van der Waals surface area contributed by atoms with E-state index in [9.17, 15) is 5.26 Å². The minimum Gasteiger partial charge on any atom is -0.380 e. The third-order valence-electron chi connectivity index (χ3n) is 5.26. The van der Waals surface area contributed by atoms with Crippen molar-refractivity contribution in [3.05, 3.63) is 58.4 Å². The average molecular weight is 364 g/mol. The van der Waals surface area contributed by atoms with E-state index in [-0.39, 0.29) is 0 Å². The summed E-state index contributed by atoms with van der Waals surface area (Å²) >= 11 is 0. The predicted octanol–water partition coefficient (Wildman–Crippen LogP) is 3.32. The van der Waals surface area contributed by atoms with E-state index in [2.05, 4.69) is 57.4 Å². The number of pyridine rings is 1. The van der Waals surface area contributed by atoms with Gasteiger partial charge in [-0.25, -0.2) is 0 Å². The number of aryl methyl sites for hydroxylation is 2. The molecule has 5 nitrogen and oxygen atoms in total. The molecular formula is C22H29N5. The molecule has 0 bridgehead atoms. The van der Waals surface area contributed by atoms with Crippen LogP contribution in [0.25, 0.3) is 0 Å². The normalized spacial score (nSPS) is 15.5. The first kappa shape index (κ1) is 19.3. The van der Waals surface area contributed by atoms with E-state index in [0.717, 1.165) is 43.3 Å². The fraction of sp³-hybridized carbons (Fsp3) is 0.455. The van der Waals surface area contributed by atoms with Crippen LogP contribution in [0.2, 0.25) is 0 Å². The number of piperazine rings is 1. The summed E-state index contributed by atoms with van der Waals surface area (Å²) in [6.45, 7) is 13.6. The van der Waals surface area contributed by atoms with Crippen LogP contribution in [0.3, 0.4) is 0 Å².